The molecule has 0 aliphatic carbocycles. The lowest BCUT2D eigenvalue weighted by Crippen LogP contribution is -2.29. The molecule has 16 heavy (non-hydrogen) atoms. The Morgan fingerprint density at radius 2 is 1.25 bits per heavy atom. The first-order valence-electron chi connectivity index (χ1n) is 6.46. The molecule has 0 radical (unpaired) electrons. The van der Waals surface area contributed by atoms with Crippen LogP contribution in [-0.4, -0.2) is 13.7 Å². The van der Waals surface area contributed by atoms with Gasteiger partial charge in [0.05, 0.1) is 6.61 Å². The maximum Gasteiger partial charge on any atom is 0.0516 e. The van der Waals surface area contributed by atoms with Crippen molar-refractivity contribution in [3.63, 3.8) is 0 Å². The zero-order chi connectivity index (χ0) is 13.0. The maximum absolute atomic E-state index is 5.42. The second-order valence-corrected chi connectivity index (χ2v) is 8.04. The molecule has 0 aromatic rings. The van der Waals surface area contributed by atoms with Gasteiger partial charge in [-0.15, -0.1) is 0 Å². The summed E-state index contributed by atoms with van der Waals surface area (Å²) in [5, 5.41) is 0. The highest BCUT2D eigenvalue weighted by molar-refractivity contribution is 4.81. The van der Waals surface area contributed by atoms with Crippen molar-refractivity contribution in [2.45, 2.75) is 67.7 Å². The molecule has 0 saturated heterocycles. The number of hydrogen-bond donors (Lipinski definition) is 0. The molecule has 0 aliphatic rings. The molecule has 1 atom stereocenters. The maximum atomic E-state index is 5.42. The minimum atomic E-state index is 0.320. The van der Waals surface area contributed by atoms with E-state index in [1.54, 1.807) is 0 Å². The van der Waals surface area contributed by atoms with Crippen molar-refractivity contribution < 1.29 is 4.74 Å². The molecular weight excluding hydrogens is 196 g/mol. The van der Waals surface area contributed by atoms with E-state index in [2.05, 4.69) is 48.5 Å². The number of rotatable bonds is 5. The molecule has 0 spiro atoms. The molecule has 0 fully saturated rings. The number of hydrogen-bond acceptors (Lipinski definition) is 1. The van der Waals surface area contributed by atoms with E-state index in [0.717, 1.165) is 6.61 Å². The molecule has 0 bridgehead atoms. The molecule has 0 rings (SSSR count). The van der Waals surface area contributed by atoms with Gasteiger partial charge < -0.3 is 4.74 Å². The molecule has 0 aromatic heterocycles. The third-order valence-corrected chi connectivity index (χ3v) is 2.93. The highest BCUT2D eigenvalue weighted by atomic mass is 16.5. The van der Waals surface area contributed by atoms with Crippen LogP contribution >= 0.6 is 0 Å². The van der Waals surface area contributed by atoms with Crippen LogP contribution in [-0.2, 0) is 4.74 Å². The molecule has 0 amide bonds. The Hall–Kier alpha value is -0.0400. The van der Waals surface area contributed by atoms with E-state index in [0.29, 0.717) is 16.2 Å². The monoisotopic (exact) mass is 228 g/mol. The standard InChI is InChI=1S/C15H32O/c1-13(2,3)9-10-15(7,12-16-8)11-14(4,5)6/h9-12H2,1-8H3/t15-/m0/s1. The third kappa shape index (κ3) is 8.15. The fraction of sp³-hybridized carbons (Fsp3) is 1.00. The highest BCUT2D eigenvalue weighted by Crippen LogP contribution is 2.39. The first-order valence-corrected chi connectivity index (χ1v) is 6.46. The molecule has 0 aliphatic heterocycles. The molecule has 1 heteroatoms. The Balaban J connectivity index is 4.45. The Kier molecular flexibility index (Phi) is 5.52. The fourth-order valence-electron chi connectivity index (χ4n) is 2.52. The van der Waals surface area contributed by atoms with Gasteiger partial charge in [-0.2, -0.15) is 0 Å². The Bertz CT molecular complexity index is 194. The van der Waals surface area contributed by atoms with Crippen molar-refractivity contribution in [3.8, 4) is 0 Å². The van der Waals surface area contributed by atoms with E-state index in [1.807, 2.05) is 7.11 Å². The lowest BCUT2D eigenvalue weighted by atomic mass is 9.70. The fourth-order valence-corrected chi connectivity index (χ4v) is 2.52. The van der Waals surface area contributed by atoms with Crippen LogP contribution in [0, 0.1) is 16.2 Å². The summed E-state index contributed by atoms with van der Waals surface area (Å²) >= 11 is 0. The Morgan fingerprint density at radius 1 is 0.750 bits per heavy atom. The van der Waals surface area contributed by atoms with Crippen molar-refractivity contribution in [1.82, 2.24) is 0 Å². The van der Waals surface area contributed by atoms with E-state index in [1.165, 1.54) is 19.3 Å². The largest absolute Gasteiger partial charge is 0.384 e. The van der Waals surface area contributed by atoms with Gasteiger partial charge in [0.25, 0.3) is 0 Å². The van der Waals surface area contributed by atoms with Crippen LogP contribution < -0.4 is 0 Å². The van der Waals surface area contributed by atoms with Crippen molar-refractivity contribution in [3.05, 3.63) is 0 Å². The van der Waals surface area contributed by atoms with Gasteiger partial charge in [0, 0.05) is 7.11 Å². The number of ether oxygens (including phenoxy) is 1. The first kappa shape index (κ1) is 16.0. The lowest BCUT2D eigenvalue weighted by molar-refractivity contribution is 0.0440. The topological polar surface area (TPSA) is 9.23 Å². The van der Waals surface area contributed by atoms with E-state index < -0.39 is 0 Å². The van der Waals surface area contributed by atoms with E-state index in [4.69, 9.17) is 4.74 Å². The molecule has 0 heterocycles. The first-order chi connectivity index (χ1) is 6.97. The third-order valence-electron chi connectivity index (χ3n) is 2.93. The van der Waals surface area contributed by atoms with Crippen LogP contribution in [0.2, 0.25) is 0 Å². The van der Waals surface area contributed by atoms with E-state index in [-0.39, 0.29) is 0 Å². The van der Waals surface area contributed by atoms with Gasteiger partial charge >= 0.3 is 0 Å². The Labute approximate surface area is 103 Å². The van der Waals surface area contributed by atoms with Gasteiger partial charge in [-0.25, -0.2) is 0 Å². The van der Waals surface area contributed by atoms with Gasteiger partial charge in [-0.1, -0.05) is 48.5 Å². The van der Waals surface area contributed by atoms with Crippen LogP contribution in [0.4, 0.5) is 0 Å². The predicted molar refractivity (Wildman–Crippen MR) is 72.7 cm³/mol. The molecular formula is C15H32O. The quantitative estimate of drug-likeness (QED) is 0.650. The van der Waals surface area contributed by atoms with Crippen molar-refractivity contribution in [2.24, 2.45) is 16.2 Å². The van der Waals surface area contributed by atoms with Crippen LogP contribution in [0.5, 0.6) is 0 Å². The molecule has 0 N–H and O–H groups in total. The average Bonchev–Trinajstić information content (AvgIpc) is 1.96. The summed E-state index contributed by atoms with van der Waals surface area (Å²) in [5.74, 6) is 0. The summed E-state index contributed by atoms with van der Waals surface area (Å²) in [7, 11) is 1.82. The summed E-state index contributed by atoms with van der Waals surface area (Å²) in [6.07, 6.45) is 3.74. The van der Waals surface area contributed by atoms with Crippen LogP contribution in [0.15, 0.2) is 0 Å². The summed E-state index contributed by atoms with van der Waals surface area (Å²) < 4.78 is 5.42. The van der Waals surface area contributed by atoms with E-state index >= 15 is 0 Å². The van der Waals surface area contributed by atoms with Crippen molar-refractivity contribution in [1.29, 1.82) is 0 Å². The molecule has 98 valence electrons. The minimum absolute atomic E-state index is 0.320. The van der Waals surface area contributed by atoms with Crippen LogP contribution in [0.1, 0.15) is 67.7 Å². The normalized spacial score (nSPS) is 17.2. The van der Waals surface area contributed by atoms with Crippen molar-refractivity contribution in [2.75, 3.05) is 13.7 Å². The lowest BCUT2D eigenvalue weighted by Gasteiger charge is -2.37. The van der Waals surface area contributed by atoms with Gasteiger partial charge in [0.2, 0.25) is 0 Å². The number of methoxy groups -OCH3 is 1. The summed E-state index contributed by atoms with van der Waals surface area (Å²) in [6.45, 7) is 17.1. The molecule has 0 aromatic carbocycles. The summed E-state index contributed by atoms with van der Waals surface area (Å²) in [4.78, 5) is 0. The Morgan fingerprint density at radius 3 is 1.56 bits per heavy atom. The van der Waals surface area contributed by atoms with Crippen molar-refractivity contribution >= 4 is 0 Å². The predicted octanol–water partition coefficient (Wildman–Crippen LogP) is 4.90. The summed E-state index contributed by atoms with van der Waals surface area (Å²) in [6, 6.07) is 0. The minimum Gasteiger partial charge on any atom is -0.384 e. The van der Waals surface area contributed by atoms with Gasteiger partial charge in [0.15, 0.2) is 0 Å². The smallest absolute Gasteiger partial charge is 0.0516 e. The van der Waals surface area contributed by atoms with E-state index in [9.17, 15) is 0 Å². The SMILES string of the molecule is COC[C@@](C)(CCC(C)(C)C)CC(C)(C)C. The van der Waals surface area contributed by atoms with Crippen LogP contribution in [0.3, 0.4) is 0 Å². The second-order valence-electron chi connectivity index (χ2n) is 8.04. The van der Waals surface area contributed by atoms with Gasteiger partial charge in [-0.3, -0.25) is 0 Å². The second kappa shape index (κ2) is 5.53. The molecule has 0 unspecified atom stereocenters. The van der Waals surface area contributed by atoms with Gasteiger partial charge in [0.1, 0.15) is 0 Å². The van der Waals surface area contributed by atoms with Gasteiger partial charge in [-0.05, 0) is 35.5 Å². The highest BCUT2D eigenvalue weighted by Gasteiger charge is 2.31. The molecule has 1 nitrogen and oxygen atoms in total. The average molecular weight is 228 g/mol. The zero-order valence-corrected chi connectivity index (χ0v) is 12.7. The summed E-state index contributed by atoms with van der Waals surface area (Å²) in [5.41, 5.74) is 1.12. The van der Waals surface area contributed by atoms with Crippen LogP contribution in [0.25, 0.3) is 0 Å². The zero-order valence-electron chi connectivity index (χ0n) is 12.7. The molecule has 0 saturated carbocycles.